The highest BCUT2D eigenvalue weighted by Crippen LogP contribution is 2.18. The van der Waals surface area contributed by atoms with E-state index in [-0.39, 0.29) is 5.91 Å². The number of amides is 1. The summed E-state index contributed by atoms with van der Waals surface area (Å²) in [6.45, 7) is 3.46. The summed E-state index contributed by atoms with van der Waals surface area (Å²) in [5.41, 5.74) is 1.49. The Bertz CT molecular complexity index is 921. The van der Waals surface area contributed by atoms with Crippen molar-refractivity contribution in [2.24, 2.45) is 0 Å². The predicted octanol–water partition coefficient (Wildman–Crippen LogP) is 2.27. The molecular weight excluding hydrogens is 364 g/mol. The van der Waals surface area contributed by atoms with Gasteiger partial charge in [-0.3, -0.25) is 9.69 Å². The Kier molecular flexibility index (Phi) is 5.13. The molecular formula is C19H19ClN6O. The molecule has 7 nitrogen and oxygen atoms in total. The third-order valence-electron chi connectivity index (χ3n) is 4.66. The molecule has 0 saturated carbocycles. The van der Waals surface area contributed by atoms with Crippen LogP contribution in [0.4, 0.5) is 0 Å². The lowest BCUT2D eigenvalue weighted by Crippen LogP contribution is -2.48. The van der Waals surface area contributed by atoms with Gasteiger partial charge in [-0.1, -0.05) is 41.9 Å². The zero-order valence-electron chi connectivity index (χ0n) is 14.7. The van der Waals surface area contributed by atoms with E-state index in [0.717, 1.165) is 24.6 Å². The van der Waals surface area contributed by atoms with Crippen LogP contribution in [0.3, 0.4) is 0 Å². The van der Waals surface area contributed by atoms with E-state index in [9.17, 15) is 4.79 Å². The number of carbonyl (C=O) groups is 1. The number of aromatic nitrogens is 4. The Balaban J connectivity index is 1.39. The average Bonchev–Trinajstić information content (AvgIpc) is 3.17. The van der Waals surface area contributed by atoms with Crippen molar-refractivity contribution in [2.75, 3.05) is 26.2 Å². The summed E-state index contributed by atoms with van der Waals surface area (Å²) < 4.78 is 1.75. The number of benzene rings is 2. The zero-order chi connectivity index (χ0) is 18.6. The fraction of sp³-hybridized carbons (Fsp3) is 0.263. The van der Waals surface area contributed by atoms with E-state index < -0.39 is 0 Å². The van der Waals surface area contributed by atoms with Crippen molar-refractivity contribution in [1.82, 2.24) is 30.0 Å². The van der Waals surface area contributed by atoms with E-state index in [2.05, 4.69) is 20.4 Å². The van der Waals surface area contributed by atoms with Gasteiger partial charge in [0.2, 0.25) is 0 Å². The van der Waals surface area contributed by atoms with Crippen LogP contribution in [0.5, 0.6) is 0 Å². The fourth-order valence-electron chi connectivity index (χ4n) is 3.19. The molecule has 1 aliphatic rings. The number of nitrogens with zero attached hydrogens (tertiary/aromatic N) is 6. The van der Waals surface area contributed by atoms with E-state index in [1.165, 1.54) is 0 Å². The summed E-state index contributed by atoms with van der Waals surface area (Å²) in [5, 5.41) is 12.6. The first-order chi connectivity index (χ1) is 13.2. The Hall–Kier alpha value is -2.77. The highest BCUT2D eigenvalue weighted by atomic mass is 35.5. The Morgan fingerprint density at radius 3 is 2.41 bits per heavy atom. The van der Waals surface area contributed by atoms with E-state index >= 15 is 0 Å². The van der Waals surface area contributed by atoms with Crippen LogP contribution in [-0.2, 0) is 6.54 Å². The lowest BCUT2D eigenvalue weighted by atomic mass is 10.2. The van der Waals surface area contributed by atoms with Crippen LogP contribution < -0.4 is 0 Å². The Morgan fingerprint density at radius 2 is 1.67 bits per heavy atom. The van der Waals surface area contributed by atoms with Crippen LogP contribution in [0.2, 0.25) is 5.02 Å². The molecule has 0 radical (unpaired) electrons. The second-order valence-corrected chi connectivity index (χ2v) is 6.80. The molecule has 4 rings (SSSR count). The van der Waals surface area contributed by atoms with Gasteiger partial charge in [-0.2, -0.15) is 4.68 Å². The van der Waals surface area contributed by atoms with Gasteiger partial charge < -0.3 is 4.90 Å². The quantitative estimate of drug-likeness (QED) is 0.692. The highest BCUT2D eigenvalue weighted by molar-refractivity contribution is 6.33. The molecule has 0 aliphatic carbocycles. The second-order valence-electron chi connectivity index (χ2n) is 6.39. The standard InChI is InChI=1S/C19H19ClN6O/c20-17-9-5-4-8-16(17)19(27)25-12-10-24(11-13-25)14-18-21-22-23-26(18)15-6-2-1-3-7-15/h1-9H,10-14H2. The molecule has 138 valence electrons. The van der Waals surface area contributed by atoms with Crippen molar-refractivity contribution in [2.45, 2.75) is 6.54 Å². The highest BCUT2D eigenvalue weighted by Gasteiger charge is 2.24. The van der Waals surface area contributed by atoms with Crippen molar-refractivity contribution >= 4 is 17.5 Å². The number of para-hydroxylation sites is 1. The minimum Gasteiger partial charge on any atom is -0.336 e. The molecule has 0 bridgehead atoms. The first-order valence-corrected chi connectivity index (χ1v) is 9.19. The third kappa shape index (κ3) is 3.84. The topological polar surface area (TPSA) is 67.2 Å². The van der Waals surface area contributed by atoms with Crippen LogP contribution in [0, 0.1) is 0 Å². The van der Waals surface area contributed by atoms with E-state index in [1.54, 1.807) is 16.8 Å². The molecule has 0 atom stereocenters. The molecule has 1 saturated heterocycles. The first-order valence-electron chi connectivity index (χ1n) is 8.81. The van der Waals surface area contributed by atoms with Gasteiger partial charge in [-0.05, 0) is 34.7 Å². The van der Waals surface area contributed by atoms with E-state index in [0.29, 0.717) is 30.2 Å². The summed E-state index contributed by atoms with van der Waals surface area (Å²) in [6, 6.07) is 17.0. The number of tetrazole rings is 1. The van der Waals surface area contributed by atoms with Gasteiger partial charge in [0.25, 0.3) is 5.91 Å². The summed E-state index contributed by atoms with van der Waals surface area (Å²) in [6.07, 6.45) is 0. The van der Waals surface area contributed by atoms with Gasteiger partial charge in [-0.15, -0.1) is 5.10 Å². The number of hydrogen-bond acceptors (Lipinski definition) is 5. The van der Waals surface area contributed by atoms with Gasteiger partial charge >= 0.3 is 0 Å². The Morgan fingerprint density at radius 1 is 0.963 bits per heavy atom. The van der Waals surface area contributed by atoms with Gasteiger partial charge in [0, 0.05) is 26.2 Å². The van der Waals surface area contributed by atoms with Crippen molar-refractivity contribution in [3.8, 4) is 5.69 Å². The predicted molar refractivity (Wildman–Crippen MR) is 102 cm³/mol. The van der Waals surface area contributed by atoms with Gasteiger partial charge in [0.1, 0.15) is 0 Å². The van der Waals surface area contributed by atoms with Gasteiger partial charge in [0.15, 0.2) is 5.82 Å². The molecule has 1 amide bonds. The maximum Gasteiger partial charge on any atom is 0.255 e. The van der Waals surface area contributed by atoms with Crippen molar-refractivity contribution in [1.29, 1.82) is 0 Å². The van der Waals surface area contributed by atoms with Crippen molar-refractivity contribution in [3.63, 3.8) is 0 Å². The maximum atomic E-state index is 12.7. The third-order valence-corrected chi connectivity index (χ3v) is 4.99. The number of carbonyl (C=O) groups excluding carboxylic acids is 1. The minimum absolute atomic E-state index is 0.0191. The van der Waals surface area contributed by atoms with Gasteiger partial charge in [0.05, 0.1) is 22.8 Å². The van der Waals surface area contributed by atoms with Crippen LogP contribution in [0.1, 0.15) is 16.2 Å². The second kappa shape index (κ2) is 7.85. The fourth-order valence-corrected chi connectivity index (χ4v) is 3.40. The number of hydrogen-bond donors (Lipinski definition) is 0. The SMILES string of the molecule is O=C(c1ccccc1Cl)N1CCN(Cc2nnnn2-c2ccccc2)CC1. The van der Waals surface area contributed by atoms with E-state index in [4.69, 9.17) is 11.6 Å². The summed E-state index contributed by atoms with van der Waals surface area (Å²) in [5.74, 6) is 0.765. The number of halogens is 1. The molecule has 1 aromatic heterocycles. The molecule has 27 heavy (non-hydrogen) atoms. The summed E-state index contributed by atoms with van der Waals surface area (Å²) in [4.78, 5) is 16.8. The van der Waals surface area contributed by atoms with Crippen LogP contribution in [-0.4, -0.2) is 62.1 Å². The van der Waals surface area contributed by atoms with Crippen molar-refractivity contribution < 1.29 is 4.79 Å². The molecule has 1 fully saturated rings. The lowest BCUT2D eigenvalue weighted by molar-refractivity contribution is 0.0624. The summed E-state index contributed by atoms with van der Waals surface area (Å²) in [7, 11) is 0. The molecule has 2 aromatic carbocycles. The number of piperazine rings is 1. The molecule has 3 aromatic rings. The van der Waals surface area contributed by atoms with E-state index in [1.807, 2.05) is 47.4 Å². The largest absolute Gasteiger partial charge is 0.336 e. The van der Waals surface area contributed by atoms with Crippen LogP contribution >= 0.6 is 11.6 Å². The zero-order valence-corrected chi connectivity index (χ0v) is 15.5. The monoisotopic (exact) mass is 382 g/mol. The molecule has 2 heterocycles. The lowest BCUT2D eigenvalue weighted by Gasteiger charge is -2.34. The van der Waals surface area contributed by atoms with Crippen molar-refractivity contribution in [3.05, 3.63) is 71.0 Å². The molecule has 0 unspecified atom stereocenters. The normalized spacial score (nSPS) is 15.1. The minimum atomic E-state index is -0.0191. The molecule has 0 spiro atoms. The van der Waals surface area contributed by atoms with Crippen LogP contribution in [0.25, 0.3) is 5.69 Å². The first kappa shape index (κ1) is 17.6. The molecule has 8 heteroatoms. The summed E-state index contributed by atoms with van der Waals surface area (Å²) >= 11 is 6.15. The smallest absolute Gasteiger partial charge is 0.255 e. The number of rotatable bonds is 4. The Labute approximate surface area is 162 Å². The van der Waals surface area contributed by atoms with Gasteiger partial charge in [-0.25, -0.2) is 0 Å². The average molecular weight is 383 g/mol. The molecule has 1 aliphatic heterocycles. The molecule has 0 N–H and O–H groups in total. The maximum absolute atomic E-state index is 12.7. The van der Waals surface area contributed by atoms with Crippen LogP contribution in [0.15, 0.2) is 54.6 Å².